The number of benzene rings is 1. The molecule has 1 aromatic carbocycles. The van der Waals surface area contributed by atoms with E-state index < -0.39 is 5.97 Å². The van der Waals surface area contributed by atoms with E-state index >= 15 is 0 Å². The third-order valence-electron chi connectivity index (χ3n) is 3.20. The zero-order valence-corrected chi connectivity index (χ0v) is 12.5. The zero-order chi connectivity index (χ0) is 15.8. The first kappa shape index (κ1) is 16.8. The molecule has 1 atom stereocenters. The minimum absolute atomic E-state index is 0.0313. The van der Waals surface area contributed by atoms with Crippen molar-refractivity contribution in [3.8, 4) is 0 Å². The Balaban J connectivity index is 2.57. The van der Waals surface area contributed by atoms with Crippen LogP contribution >= 0.6 is 0 Å². The van der Waals surface area contributed by atoms with Crippen LogP contribution in [0.3, 0.4) is 0 Å². The molecule has 0 aromatic heterocycles. The van der Waals surface area contributed by atoms with Gasteiger partial charge in [0.25, 0.3) is 0 Å². The molecule has 0 bridgehead atoms. The average Bonchev–Trinajstić information content (AvgIpc) is 2.45. The second-order valence-electron chi connectivity index (χ2n) is 5.01. The standard InChI is InChI=1S/C16H22N2O3/c1-4-7-12(2)17-16(21)18(3)11-10-13-8-5-6-9-14(13)15(19)20/h4-6,8-9,12H,1,7,10-11H2,2-3H3,(H,17,21)(H,19,20). The van der Waals surface area contributed by atoms with E-state index in [1.54, 1.807) is 42.3 Å². The Morgan fingerprint density at radius 1 is 1.43 bits per heavy atom. The summed E-state index contributed by atoms with van der Waals surface area (Å²) in [6, 6.07) is 6.70. The largest absolute Gasteiger partial charge is 0.478 e. The van der Waals surface area contributed by atoms with Crippen LogP contribution in [0.25, 0.3) is 0 Å². The van der Waals surface area contributed by atoms with E-state index in [1.807, 2.05) is 6.92 Å². The van der Waals surface area contributed by atoms with Crippen LogP contribution in [0.15, 0.2) is 36.9 Å². The summed E-state index contributed by atoms with van der Waals surface area (Å²) in [6.07, 6.45) is 2.97. The molecule has 2 amide bonds. The van der Waals surface area contributed by atoms with Gasteiger partial charge in [-0.05, 0) is 31.4 Å². The van der Waals surface area contributed by atoms with Gasteiger partial charge in [0.2, 0.25) is 0 Å². The molecule has 2 N–H and O–H groups in total. The third-order valence-corrected chi connectivity index (χ3v) is 3.20. The molecule has 1 rings (SSSR count). The topological polar surface area (TPSA) is 69.6 Å². The lowest BCUT2D eigenvalue weighted by atomic mass is 10.0. The van der Waals surface area contributed by atoms with Crippen molar-refractivity contribution in [2.45, 2.75) is 25.8 Å². The maximum Gasteiger partial charge on any atom is 0.335 e. The predicted molar refractivity (Wildman–Crippen MR) is 82.5 cm³/mol. The maximum atomic E-state index is 11.9. The number of carbonyl (C=O) groups is 2. The van der Waals surface area contributed by atoms with Gasteiger partial charge in [-0.25, -0.2) is 9.59 Å². The van der Waals surface area contributed by atoms with Gasteiger partial charge >= 0.3 is 12.0 Å². The number of aromatic carboxylic acids is 1. The Bertz CT molecular complexity index is 514. The van der Waals surface area contributed by atoms with Crippen LogP contribution in [0.5, 0.6) is 0 Å². The van der Waals surface area contributed by atoms with Gasteiger partial charge in [0, 0.05) is 19.6 Å². The lowest BCUT2D eigenvalue weighted by Crippen LogP contribution is -2.42. The van der Waals surface area contributed by atoms with Crippen LogP contribution in [0.1, 0.15) is 29.3 Å². The van der Waals surface area contributed by atoms with Crippen LogP contribution in [0.4, 0.5) is 4.79 Å². The van der Waals surface area contributed by atoms with E-state index in [2.05, 4.69) is 11.9 Å². The molecule has 0 aliphatic heterocycles. The maximum absolute atomic E-state index is 11.9. The van der Waals surface area contributed by atoms with Crippen molar-refractivity contribution < 1.29 is 14.7 Å². The summed E-state index contributed by atoms with van der Waals surface area (Å²) < 4.78 is 0. The first-order valence-corrected chi connectivity index (χ1v) is 6.89. The summed E-state index contributed by atoms with van der Waals surface area (Å²) in [5.41, 5.74) is 1.01. The van der Waals surface area contributed by atoms with Gasteiger partial charge in [0.05, 0.1) is 5.56 Å². The van der Waals surface area contributed by atoms with Gasteiger partial charge in [0.1, 0.15) is 0 Å². The van der Waals surface area contributed by atoms with Gasteiger partial charge < -0.3 is 15.3 Å². The van der Waals surface area contributed by atoms with E-state index in [0.717, 1.165) is 5.56 Å². The number of hydrogen-bond donors (Lipinski definition) is 2. The Labute approximate surface area is 125 Å². The number of rotatable bonds is 7. The number of carboxylic acid groups (broad SMARTS) is 1. The lowest BCUT2D eigenvalue weighted by Gasteiger charge is -2.21. The summed E-state index contributed by atoms with van der Waals surface area (Å²) in [6.45, 7) is 6.00. The van der Waals surface area contributed by atoms with Crippen molar-refractivity contribution >= 4 is 12.0 Å². The molecule has 0 aliphatic carbocycles. The number of nitrogens with one attached hydrogen (secondary N) is 1. The number of carbonyl (C=O) groups excluding carboxylic acids is 1. The molecule has 1 unspecified atom stereocenters. The third kappa shape index (κ3) is 5.30. The number of amides is 2. The Morgan fingerprint density at radius 3 is 2.71 bits per heavy atom. The van der Waals surface area contributed by atoms with E-state index in [4.69, 9.17) is 5.11 Å². The Morgan fingerprint density at radius 2 is 2.10 bits per heavy atom. The van der Waals surface area contributed by atoms with E-state index in [-0.39, 0.29) is 17.6 Å². The molecule has 1 aromatic rings. The average molecular weight is 290 g/mol. The van der Waals surface area contributed by atoms with Crippen molar-refractivity contribution in [2.75, 3.05) is 13.6 Å². The molecule has 0 saturated heterocycles. The van der Waals surface area contributed by atoms with Gasteiger partial charge in [0.15, 0.2) is 0 Å². The molecule has 0 spiro atoms. The molecule has 5 heteroatoms. The zero-order valence-electron chi connectivity index (χ0n) is 12.5. The highest BCUT2D eigenvalue weighted by Crippen LogP contribution is 2.10. The molecule has 114 valence electrons. The molecule has 5 nitrogen and oxygen atoms in total. The smallest absolute Gasteiger partial charge is 0.335 e. The summed E-state index contributed by atoms with van der Waals surface area (Å²) in [7, 11) is 1.69. The highest BCUT2D eigenvalue weighted by Gasteiger charge is 2.13. The second kappa shape index (κ2) is 8.09. The highest BCUT2D eigenvalue weighted by molar-refractivity contribution is 5.89. The van der Waals surface area contributed by atoms with Crippen LogP contribution in [0, 0.1) is 0 Å². The fourth-order valence-electron chi connectivity index (χ4n) is 1.97. The molecule has 0 fully saturated rings. The lowest BCUT2D eigenvalue weighted by molar-refractivity contribution is 0.0695. The minimum Gasteiger partial charge on any atom is -0.478 e. The SMILES string of the molecule is C=CCC(C)NC(=O)N(C)CCc1ccccc1C(=O)O. The Kier molecular flexibility index (Phi) is 6.46. The molecule has 0 heterocycles. The van der Waals surface area contributed by atoms with E-state index in [0.29, 0.717) is 19.4 Å². The van der Waals surface area contributed by atoms with Gasteiger partial charge in [-0.2, -0.15) is 0 Å². The van der Waals surface area contributed by atoms with E-state index in [1.165, 1.54) is 0 Å². The molecule has 0 saturated carbocycles. The number of hydrogen-bond acceptors (Lipinski definition) is 2. The summed E-state index contributed by atoms with van der Waals surface area (Å²) in [5.74, 6) is -0.947. The monoisotopic (exact) mass is 290 g/mol. The van der Waals surface area contributed by atoms with Crippen LogP contribution in [-0.4, -0.2) is 41.6 Å². The van der Waals surface area contributed by atoms with Crippen molar-refractivity contribution in [3.05, 3.63) is 48.0 Å². The first-order valence-electron chi connectivity index (χ1n) is 6.89. The normalized spacial score (nSPS) is 11.5. The molecular weight excluding hydrogens is 268 g/mol. The fraction of sp³-hybridized carbons (Fsp3) is 0.375. The van der Waals surface area contributed by atoms with Crippen LogP contribution in [0.2, 0.25) is 0 Å². The summed E-state index contributed by atoms with van der Waals surface area (Å²) in [4.78, 5) is 24.6. The highest BCUT2D eigenvalue weighted by atomic mass is 16.4. The Hall–Kier alpha value is -2.30. The van der Waals surface area contributed by atoms with Gasteiger partial charge in [-0.1, -0.05) is 24.3 Å². The summed E-state index contributed by atoms with van der Waals surface area (Å²) in [5, 5.41) is 12.0. The molecule has 21 heavy (non-hydrogen) atoms. The first-order chi connectivity index (χ1) is 9.95. The second-order valence-corrected chi connectivity index (χ2v) is 5.01. The van der Waals surface area contributed by atoms with Crippen molar-refractivity contribution in [1.29, 1.82) is 0 Å². The van der Waals surface area contributed by atoms with Gasteiger partial charge in [-0.15, -0.1) is 6.58 Å². The van der Waals surface area contributed by atoms with Crippen LogP contribution in [-0.2, 0) is 6.42 Å². The van der Waals surface area contributed by atoms with Crippen molar-refractivity contribution in [1.82, 2.24) is 10.2 Å². The quantitative estimate of drug-likeness (QED) is 0.758. The van der Waals surface area contributed by atoms with Crippen LogP contribution < -0.4 is 5.32 Å². The van der Waals surface area contributed by atoms with E-state index in [9.17, 15) is 9.59 Å². The predicted octanol–water partition coefficient (Wildman–Crippen LogP) is 2.53. The fourth-order valence-corrected chi connectivity index (χ4v) is 1.97. The number of urea groups is 1. The van der Waals surface area contributed by atoms with Crippen molar-refractivity contribution in [3.63, 3.8) is 0 Å². The number of nitrogens with zero attached hydrogens (tertiary/aromatic N) is 1. The molecular formula is C16H22N2O3. The molecule has 0 radical (unpaired) electrons. The van der Waals surface area contributed by atoms with Crippen molar-refractivity contribution in [2.24, 2.45) is 0 Å². The minimum atomic E-state index is -0.947. The van der Waals surface area contributed by atoms with Gasteiger partial charge in [-0.3, -0.25) is 0 Å². The molecule has 0 aliphatic rings. The number of carboxylic acids is 1. The summed E-state index contributed by atoms with van der Waals surface area (Å²) >= 11 is 0. The number of likely N-dealkylation sites (N-methyl/N-ethyl adjacent to an activating group) is 1.